The van der Waals surface area contributed by atoms with E-state index in [-0.39, 0.29) is 17.7 Å². The van der Waals surface area contributed by atoms with E-state index >= 15 is 0 Å². The number of hydrogen-bond acceptors (Lipinski definition) is 3. The summed E-state index contributed by atoms with van der Waals surface area (Å²) in [5.74, 6) is 1.66. The van der Waals surface area contributed by atoms with Crippen LogP contribution in [-0.2, 0) is 4.74 Å². The van der Waals surface area contributed by atoms with Gasteiger partial charge in [0.1, 0.15) is 5.75 Å². The Morgan fingerprint density at radius 3 is 2.48 bits per heavy atom. The molecule has 1 aliphatic carbocycles. The largest absolute Gasteiger partial charge is 0.491 e. The van der Waals surface area contributed by atoms with Crippen LogP contribution in [0.25, 0.3) is 0 Å². The molecule has 2 N–H and O–H groups in total. The summed E-state index contributed by atoms with van der Waals surface area (Å²) in [4.78, 5) is 0. The molecule has 0 aromatic heterocycles. The van der Waals surface area contributed by atoms with E-state index in [1.54, 1.807) is 7.11 Å². The van der Waals surface area contributed by atoms with Crippen LogP contribution in [0.5, 0.6) is 5.75 Å². The Kier molecular flexibility index (Phi) is 5.28. The first kappa shape index (κ1) is 16.3. The number of rotatable bonds is 5. The summed E-state index contributed by atoms with van der Waals surface area (Å²) in [7, 11) is 1.80. The minimum absolute atomic E-state index is 0.106. The van der Waals surface area contributed by atoms with Crippen molar-refractivity contribution in [1.82, 2.24) is 0 Å². The smallest absolute Gasteiger partial charge is 0.120 e. The van der Waals surface area contributed by atoms with Gasteiger partial charge in [0.15, 0.2) is 0 Å². The summed E-state index contributed by atoms with van der Waals surface area (Å²) in [6.45, 7) is 6.37. The maximum atomic E-state index is 6.58. The zero-order valence-electron chi connectivity index (χ0n) is 13.8. The summed E-state index contributed by atoms with van der Waals surface area (Å²) in [6.07, 6.45) is 4.60. The summed E-state index contributed by atoms with van der Waals surface area (Å²) < 4.78 is 11.7. The van der Waals surface area contributed by atoms with Gasteiger partial charge in [-0.1, -0.05) is 19.1 Å². The van der Waals surface area contributed by atoms with Gasteiger partial charge in [0, 0.05) is 7.11 Å². The van der Waals surface area contributed by atoms with E-state index < -0.39 is 0 Å². The lowest BCUT2D eigenvalue weighted by molar-refractivity contribution is -0.0672. The topological polar surface area (TPSA) is 44.5 Å². The van der Waals surface area contributed by atoms with E-state index in [0.29, 0.717) is 0 Å². The highest BCUT2D eigenvalue weighted by Crippen LogP contribution is 2.42. The van der Waals surface area contributed by atoms with Crippen molar-refractivity contribution in [3.63, 3.8) is 0 Å². The molecule has 1 aliphatic rings. The SMILES string of the molecule is COC1(C(N)c2cccc(OC(C)C)c2)CCC(C)CC1. The minimum atomic E-state index is -0.233. The minimum Gasteiger partial charge on any atom is -0.491 e. The van der Waals surface area contributed by atoms with Crippen LogP contribution in [0.3, 0.4) is 0 Å². The van der Waals surface area contributed by atoms with Crippen LogP contribution in [-0.4, -0.2) is 18.8 Å². The van der Waals surface area contributed by atoms with Gasteiger partial charge in [-0.2, -0.15) is 0 Å². The van der Waals surface area contributed by atoms with Gasteiger partial charge in [-0.15, -0.1) is 0 Å². The number of nitrogens with two attached hydrogens (primary N) is 1. The van der Waals surface area contributed by atoms with Gasteiger partial charge in [-0.05, 0) is 63.1 Å². The quantitative estimate of drug-likeness (QED) is 0.889. The normalized spacial score (nSPS) is 27.6. The molecule has 1 saturated carbocycles. The number of methoxy groups -OCH3 is 1. The number of benzene rings is 1. The molecule has 0 saturated heterocycles. The number of ether oxygens (including phenoxy) is 2. The van der Waals surface area contributed by atoms with Gasteiger partial charge in [-0.3, -0.25) is 0 Å². The second-order valence-electron chi connectivity index (χ2n) is 6.67. The van der Waals surface area contributed by atoms with Crippen LogP contribution >= 0.6 is 0 Å². The van der Waals surface area contributed by atoms with Crippen molar-refractivity contribution in [3.8, 4) is 5.75 Å². The van der Waals surface area contributed by atoms with Crippen LogP contribution in [0.4, 0.5) is 0 Å². The zero-order valence-corrected chi connectivity index (χ0v) is 13.8. The Morgan fingerprint density at radius 2 is 1.90 bits per heavy atom. The second-order valence-corrected chi connectivity index (χ2v) is 6.67. The highest BCUT2D eigenvalue weighted by atomic mass is 16.5. The van der Waals surface area contributed by atoms with Gasteiger partial charge in [-0.25, -0.2) is 0 Å². The lowest BCUT2D eigenvalue weighted by atomic mass is 9.74. The molecule has 1 fully saturated rings. The fraction of sp³-hybridized carbons (Fsp3) is 0.667. The highest BCUT2D eigenvalue weighted by Gasteiger charge is 2.40. The lowest BCUT2D eigenvalue weighted by Gasteiger charge is -2.42. The van der Waals surface area contributed by atoms with Crippen LogP contribution < -0.4 is 10.5 Å². The summed E-state index contributed by atoms with van der Waals surface area (Å²) >= 11 is 0. The molecule has 1 aromatic rings. The third kappa shape index (κ3) is 3.78. The Balaban J connectivity index is 2.19. The van der Waals surface area contributed by atoms with Crippen LogP contribution in [0, 0.1) is 5.92 Å². The standard InChI is InChI=1S/C18H29NO2/c1-13(2)21-16-7-5-6-15(12-16)17(19)18(20-4)10-8-14(3)9-11-18/h5-7,12-14,17H,8-11,19H2,1-4H3. The number of hydrogen-bond donors (Lipinski definition) is 1. The van der Waals surface area contributed by atoms with Crippen LogP contribution in [0.1, 0.15) is 58.1 Å². The third-order valence-electron chi connectivity index (χ3n) is 4.68. The molecular weight excluding hydrogens is 262 g/mol. The maximum Gasteiger partial charge on any atom is 0.120 e. The van der Waals surface area contributed by atoms with Crippen molar-refractivity contribution in [2.24, 2.45) is 11.7 Å². The highest BCUT2D eigenvalue weighted by molar-refractivity contribution is 5.32. The molecule has 3 heteroatoms. The average Bonchev–Trinajstić information content (AvgIpc) is 2.47. The zero-order chi connectivity index (χ0) is 15.5. The molecule has 0 spiro atoms. The van der Waals surface area contributed by atoms with E-state index in [1.807, 2.05) is 26.0 Å². The molecule has 21 heavy (non-hydrogen) atoms. The van der Waals surface area contributed by atoms with Gasteiger partial charge < -0.3 is 15.2 Å². The van der Waals surface area contributed by atoms with Crippen LogP contribution in [0.15, 0.2) is 24.3 Å². The Hall–Kier alpha value is -1.06. The van der Waals surface area contributed by atoms with Gasteiger partial charge in [0.25, 0.3) is 0 Å². The van der Waals surface area contributed by atoms with E-state index in [0.717, 1.165) is 30.1 Å². The molecule has 0 bridgehead atoms. The Bertz CT molecular complexity index is 450. The molecule has 0 radical (unpaired) electrons. The van der Waals surface area contributed by atoms with E-state index in [1.165, 1.54) is 12.8 Å². The molecule has 3 nitrogen and oxygen atoms in total. The molecule has 0 aliphatic heterocycles. The van der Waals surface area contributed by atoms with Crippen molar-refractivity contribution in [1.29, 1.82) is 0 Å². The molecule has 1 unspecified atom stereocenters. The second kappa shape index (κ2) is 6.80. The lowest BCUT2D eigenvalue weighted by Crippen LogP contribution is -2.45. The fourth-order valence-corrected chi connectivity index (χ4v) is 3.25. The first-order valence-corrected chi connectivity index (χ1v) is 8.04. The van der Waals surface area contributed by atoms with Crippen molar-refractivity contribution < 1.29 is 9.47 Å². The molecule has 0 amide bonds. The van der Waals surface area contributed by atoms with Gasteiger partial charge in [0.05, 0.1) is 17.7 Å². The van der Waals surface area contributed by atoms with Crippen molar-refractivity contribution in [2.45, 2.75) is 64.2 Å². The molecule has 2 rings (SSSR count). The first-order valence-electron chi connectivity index (χ1n) is 8.04. The monoisotopic (exact) mass is 291 g/mol. The Labute approximate surface area is 128 Å². The Morgan fingerprint density at radius 1 is 1.24 bits per heavy atom. The molecule has 118 valence electrons. The van der Waals surface area contributed by atoms with E-state index in [4.69, 9.17) is 15.2 Å². The van der Waals surface area contributed by atoms with Crippen LogP contribution in [0.2, 0.25) is 0 Å². The summed E-state index contributed by atoms with van der Waals surface area (Å²) in [5, 5.41) is 0. The van der Waals surface area contributed by atoms with E-state index in [2.05, 4.69) is 19.1 Å². The predicted molar refractivity (Wildman–Crippen MR) is 86.5 cm³/mol. The molecule has 1 atom stereocenters. The predicted octanol–water partition coefficient (Wildman–Crippen LogP) is 4.07. The molecule has 1 aromatic carbocycles. The van der Waals surface area contributed by atoms with Crippen molar-refractivity contribution >= 4 is 0 Å². The average molecular weight is 291 g/mol. The maximum absolute atomic E-state index is 6.58. The third-order valence-corrected chi connectivity index (χ3v) is 4.68. The summed E-state index contributed by atoms with van der Waals surface area (Å²) in [6, 6.07) is 8.03. The summed E-state index contributed by atoms with van der Waals surface area (Å²) in [5.41, 5.74) is 7.45. The molecule has 0 heterocycles. The van der Waals surface area contributed by atoms with Gasteiger partial charge >= 0.3 is 0 Å². The van der Waals surface area contributed by atoms with Crippen molar-refractivity contribution in [2.75, 3.05) is 7.11 Å². The fourth-order valence-electron chi connectivity index (χ4n) is 3.25. The van der Waals surface area contributed by atoms with Crippen molar-refractivity contribution in [3.05, 3.63) is 29.8 Å². The van der Waals surface area contributed by atoms with E-state index in [9.17, 15) is 0 Å². The first-order chi connectivity index (χ1) is 9.97. The molecular formula is C18H29NO2. The van der Waals surface area contributed by atoms with Gasteiger partial charge in [0.2, 0.25) is 0 Å².